The van der Waals surface area contributed by atoms with Crippen molar-refractivity contribution in [2.75, 3.05) is 5.32 Å². The van der Waals surface area contributed by atoms with E-state index >= 15 is 0 Å². The minimum atomic E-state index is -0.770. The fourth-order valence-electron chi connectivity index (χ4n) is 2.49. The Hall–Kier alpha value is -3.81. The quantitative estimate of drug-likeness (QED) is 0.449. The molecular formula is C18H13N5O3. The third kappa shape index (κ3) is 2.84. The Kier molecular flexibility index (Phi) is 3.77. The average molecular weight is 347 g/mol. The minimum Gasteiger partial charge on any atom is -0.336 e. The van der Waals surface area contributed by atoms with E-state index < -0.39 is 11.7 Å². The summed E-state index contributed by atoms with van der Waals surface area (Å²) < 4.78 is 6.55. The SMILES string of the molecule is Cc1noc2ncc(NC(=O)C(=O)c3cnn(-c4ccccc4)c3)cc12. The molecule has 4 aromatic rings. The number of carbonyl (C=O) groups is 2. The van der Waals surface area contributed by atoms with E-state index in [1.54, 1.807) is 13.0 Å². The van der Waals surface area contributed by atoms with Gasteiger partial charge in [-0.25, -0.2) is 9.67 Å². The Balaban J connectivity index is 1.53. The van der Waals surface area contributed by atoms with Crippen molar-refractivity contribution in [2.24, 2.45) is 0 Å². The molecule has 0 spiro atoms. The molecule has 128 valence electrons. The number of rotatable bonds is 4. The minimum absolute atomic E-state index is 0.196. The highest BCUT2D eigenvalue weighted by Gasteiger charge is 2.19. The molecule has 0 aliphatic heterocycles. The number of fused-ring (bicyclic) bond motifs is 1. The molecule has 8 heteroatoms. The zero-order valence-electron chi connectivity index (χ0n) is 13.7. The average Bonchev–Trinajstić information content (AvgIpc) is 3.29. The van der Waals surface area contributed by atoms with Gasteiger partial charge in [0.15, 0.2) is 0 Å². The lowest BCUT2D eigenvalue weighted by atomic mass is 10.2. The Morgan fingerprint density at radius 3 is 2.77 bits per heavy atom. The molecule has 8 nitrogen and oxygen atoms in total. The molecule has 4 rings (SSSR count). The van der Waals surface area contributed by atoms with E-state index in [1.807, 2.05) is 30.3 Å². The zero-order chi connectivity index (χ0) is 18.1. The van der Waals surface area contributed by atoms with Crippen molar-refractivity contribution in [2.45, 2.75) is 6.92 Å². The molecular weight excluding hydrogens is 334 g/mol. The van der Waals surface area contributed by atoms with Crippen LogP contribution >= 0.6 is 0 Å². The first-order valence-electron chi connectivity index (χ1n) is 7.79. The van der Waals surface area contributed by atoms with E-state index in [0.29, 0.717) is 22.5 Å². The maximum absolute atomic E-state index is 12.4. The van der Waals surface area contributed by atoms with Crippen molar-refractivity contribution >= 4 is 28.5 Å². The Morgan fingerprint density at radius 2 is 1.96 bits per heavy atom. The predicted octanol–water partition coefficient (Wildman–Crippen LogP) is 2.54. The number of carbonyl (C=O) groups excluding carboxylic acids is 2. The van der Waals surface area contributed by atoms with Crippen LogP contribution in [0.15, 0.2) is 59.5 Å². The first-order valence-corrected chi connectivity index (χ1v) is 7.79. The fourth-order valence-corrected chi connectivity index (χ4v) is 2.49. The fraction of sp³-hybridized carbons (Fsp3) is 0.0556. The lowest BCUT2D eigenvalue weighted by Gasteiger charge is -2.03. The Bertz CT molecular complexity index is 1110. The van der Waals surface area contributed by atoms with Gasteiger partial charge in [0.05, 0.1) is 40.4 Å². The number of aromatic nitrogens is 4. The summed E-state index contributed by atoms with van der Waals surface area (Å²) in [7, 11) is 0. The summed E-state index contributed by atoms with van der Waals surface area (Å²) in [5.74, 6) is -1.46. The normalized spacial score (nSPS) is 10.8. The van der Waals surface area contributed by atoms with Gasteiger partial charge in [-0.1, -0.05) is 23.4 Å². The Morgan fingerprint density at radius 1 is 1.15 bits per heavy atom. The topological polar surface area (TPSA) is 103 Å². The molecule has 0 fully saturated rings. The second kappa shape index (κ2) is 6.25. The van der Waals surface area contributed by atoms with Crippen molar-refractivity contribution < 1.29 is 14.1 Å². The number of anilines is 1. The largest absolute Gasteiger partial charge is 0.336 e. The molecule has 0 bridgehead atoms. The highest BCUT2D eigenvalue weighted by molar-refractivity contribution is 6.46. The summed E-state index contributed by atoms with van der Waals surface area (Å²) in [5, 5.41) is 11.1. The van der Waals surface area contributed by atoms with Gasteiger partial charge in [0.25, 0.3) is 17.4 Å². The molecule has 0 radical (unpaired) electrons. The van der Waals surface area contributed by atoms with Crippen molar-refractivity contribution in [3.05, 3.63) is 66.2 Å². The summed E-state index contributed by atoms with van der Waals surface area (Å²) >= 11 is 0. The summed E-state index contributed by atoms with van der Waals surface area (Å²) in [4.78, 5) is 28.7. The second-order valence-electron chi connectivity index (χ2n) is 5.64. The van der Waals surface area contributed by atoms with E-state index in [4.69, 9.17) is 4.52 Å². The second-order valence-corrected chi connectivity index (χ2v) is 5.64. The standard InChI is InChI=1S/C18H13N5O3/c1-11-15-7-13(9-19-18(15)26-22-11)21-17(25)16(24)12-8-20-23(10-12)14-5-3-2-4-6-14/h2-10H,1H3,(H,21,25). The lowest BCUT2D eigenvalue weighted by molar-refractivity contribution is -0.112. The third-order valence-corrected chi connectivity index (χ3v) is 3.84. The third-order valence-electron chi connectivity index (χ3n) is 3.84. The van der Waals surface area contributed by atoms with E-state index in [2.05, 4.69) is 20.6 Å². The molecule has 0 aliphatic carbocycles. The van der Waals surface area contributed by atoms with Gasteiger partial charge in [-0.15, -0.1) is 0 Å². The molecule has 1 amide bonds. The highest BCUT2D eigenvalue weighted by Crippen LogP contribution is 2.19. The molecule has 0 saturated carbocycles. The van der Waals surface area contributed by atoms with Crippen LogP contribution in [0.3, 0.4) is 0 Å². The first-order chi connectivity index (χ1) is 12.6. The summed E-state index contributed by atoms with van der Waals surface area (Å²) in [6, 6.07) is 11.0. The van der Waals surface area contributed by atoms with Gasteiger partial charge in [-0.2, -0.15) is 5.10 Å². The number of hydrogen-bond acceptors (Lipinski definition) is 6. The number of hydrogen-bond donors (Lipinski definition) is 1. The number of Topliss-reactive ketones (excluding diaryl/α,β-unsaturated/α-hetero) is 1. The molecule has 3 aromatic heterocycles. The molecule has 26 heavy (non-hydrogen) atoms. The van der Waals surface area contributed by atoms with Crippen LogP contribution in [0.2, 0.25) is 0 Å². The number of para-hydroxylation sites is 1. The zero-order valence-corrected chi connectivity index (χ0v) is 13.7. The molecule has 1 aromatic carbocycles. The van der Waals surface area contributed by atoms with Crippen LogP contribution in [-0.4, -0.2) is 31.6 Å². The lowest BCUT2D eigenvalue weighted by Crippen LogP contribution is -2.22. The smallest absolute Gasteiger partial charge is 0.296 e. The first kappa shape index (κ1) is 15.7. The molecule has 1 N–H and O–H groups in total. The monoisotopic (exact) mass is 347 g/mol. The van der Waals surface area contributed by atoms with Gasteiger partial charge in [0.1, 0.15) is 0 Å². The van der Waals surface area contributed by atoms with Gasteiger partial charge in [-0.05, 0) is 25.1 Å². The number of ketones is 1. The van der Waals surface area contributed by atoms with Gasteiger partial charge in [-0.3, -0.25) is 9.59 Å². The van der Waals surface area contributed by atoms with Crippen molar-refractivity contribution in [3.63, 3.8) is 0 Å². The molecule has 0 saturated heterocycles. The van der Waals surface area contributed by atoms with Crippen LogP contribution in [0.1, 0.15) is 16.1 Å². The van der Waals surface area contributed by atoms with Crippen LogP contribution < -0.4 is 5.32 Å². The molecule has 0 unspecified atom stereocenters. The van der Waals surface area contributed by atoms with Crippen molar-refractivity contribution in [3.8, 4) is 5.69 Å². The maximum atomic E-state index is 12.4. The molecule has 0 atom stereocenters. The van der Waals surface area contributed by atoms with Crippen LogP contribution in [0.5, 0.6) is 0 Å². The van der Waals surface area contributed by atoms with E-state index in [-0.39, 0.29) is 5.56 Å². The molecule has 3 heterocycles. The predicted molar refractivity (Wildman–Crippen MR) is 93.1 cm³/mol. The van der Waals surface area contributed by atoms with E-state index in [0.717, 1.165) is 5.69 Å². The van der Waals surface area contributed by atoms with Crippen molar-refractivity contribution in [1.82, 2.24) is 19.9 Å². The van der Waals surface area contributed by atoms with Crippen LogP contribution in [0, 0.1) is 6.92 Å². The van der Waals surface area contributed by atoms with E-state index in [9.17, 15) is 9.59 Å². The summed E-state index contributed by atoms with van der Waals surface area (Å²) in [5.41, 5.74) is 2.40. The van der Waals surface area contributed by atoms with Gasteiger partial charge in [0.2, 0.25) is 0 Å². The van der Waals surface area contributed by atoms with Gasteiger partial charge in [0, 0.05) is 6.20 Å². The van der Waals surface area contributed by atoms with Gasteiger partial charge < -0.3 is 9.84 Å². The highest BCUT2D eigenvalue weighted by atomic mass is 16.5. The molecule has 0 aliphatic rings. The van der Waals surface area contributed by atoms with Crippen LogP contribution in [0.25, 0.3) is 16.8 Å². The summed E-state index contributed by atoms with van der Waals surface area (Å²) in [6.45, 7) is 1.77. The number of aryl methyl sites for hydroxylation is 1. The number of nitrogens with zero attached hydrogens (tertiary/aromatic N) is 4. The van der Waals surface area contributed by atoms with E-state index in [1.165, 1.54) is 23.3 Å². The number of amides is 1. The number of pyridine rings is 1. The van der Waals surface area contributed by atoms with Gasteiger partial charge >= 0.3 is 0 Å². The number of benzene rings is 1. The van der Waals surface area contributed by atoms with Crippen LogP contribution in [-0.2, 0) is 4.79 Å². The maximum Gasteiger partial charge on any atom is 0.296 e. The Labute approximate surface area is 147 Å². The van der Waals surface area contributed by atoms with Crippen LogP contribution in [0.4, 0.5) is 5.69 Å². The summed E-state index contributed by atoms with van der Waals surface area (Å²) in [6.07, 6.45) is 4.29. The van der Waals surface area contributed by atoms with Crippen molar-refractivity contribution in [1.29, 1.82) is 0 Å². The number of nitrogens with one attached hydrogen (secondary N) is 1.